The molecule has 1 saturated heterocycles. The van der Waals surface area contributed by atoms with Crippen molar-refractivity contribution in [1.82, 2.24) is 24.6 Å². The molecule has 0 aliphatic carbocycles. The lowest BCUT2D eigenvalue weighted by Gasteiger charge is -2.33. The predicted octanol–water partition coefficient (Wildman–Crippen LogP) is 0.864. The van der Waals surface area contributed by atoms with Crippen molar-refractivity contribution >= 4 is 5.91 Å². The van der Waals surface area contributed by atoms with Crippen LogP contribution in [0.15, 0.2) is 47.3 Å². The van der Waals surface area contributed by atoms with Gasteiger partial charge in [0.2, 0.25) is 5.91 Å². The van der Waals surface area contributed by atoms with Gasteiger partial charge in [0.05, 0.1) is 6.54 Å². The first kappa shape index (κ1) is 17.7. The summed E-state index contributed by atoms with van der Waals surface area (Å²) in [4.78, 5) is 27.0. The van der Waals surface area contributed by atoms with Crippen molar-refractivity contribution in [2.75, 3.05) is 19.6 Å². The smallest absolute Gasteiger partial charge is 0.341 e. The summed E-state index contributed by atoms with van der Waals surface area (Å²) < 4.78 is 3.20. The van der Waals surface area contributed by atoms with Gasteiger partial charge >= 0.3 is 5.69 Å². The monoisotopic (exact) mass is 367 g/mol. The van der Waals surface area contributed by atoms with E-state index in [-0.39, 0.29) is 23.6 Å². The molecule has 3 heterocycles. The van der Waals surface area contributed by atoms with E-state index in [1.165, 1.54) is 4.68 Å². The number of benzene rings is 1. The van der Waals surface area contributed by atoms with Crippen molar-refractivity contribution < 1.29 is 4.79 Å². The number of carbonyl (C=O) groups is 1. The third-order valence-corrected chi connectivity index (χ3v) is 5.44. The van der Waals surface area contributed by atoms with E-state index in [0.29, 0.717) is 19.6 Å². The second-order valence-corrected chi connectivity index (χ2v) is 7.25. The molecule has 2 aromatic rings. The molecule has 1 aromatic heterocycles. The van der Waals surface area contributed by atoms with Crippen LogP contribution in [0.1, 0.15) is 30.1 Å². The van der Waals surface area contributed by atoms with Crippen LogP contribution in [0.2, 0.25) is 0 Å². The highest BCUT2D eigenvalue weighted by atomic mass is 16.2. The molecule has 1 fully saturated rings. The van der Waals surface area contributed by atoms with E-state index < -0.39 is 0 Å². The minimum atomic E-state index is -0.187. The van der Waals surface area contributed by atoms with Crippen molar-refractivity contribution in [1.29, 1.82) is 0 Å². The summed E-state index contributed by atoms with van der Waals surface area (Å²) in [7, 11) is 1.70. The van der Waals surface area contributed by atoms with Crippen LogP contribution in [0.5, 0.6) is 0 Å². The van der Waals surface area contributed by atoms with E-state index in [9.17, 15) is 9.59 Å². The Bertz CT molecular complexity index is 891. The first-order valence-corrected chi connectivity index (χ1v) is 9.50. The largest absolute Gasteiger partial charge is 0.345 e. The van der Waals surface area contributed by atoms with Gasteiger partial charge in [-0.15, -0.1) is 0 Å². The van der Waals surface area contributed by atoms with Gasteiger partial charge in [-0.25, -0.2) is 9.48 Å². The zero-order valence-corrected chi connectivity index (χ0v) is 15.5. The zero-order valence-electron chi connectivity index (χ0n) is 15.5. The summed E-state index contributed by atoms with van der Waals surface area (Å²) in [6.07, 6.45) is 5.58. The number of piperidine rings is 1. The molecule has 4 rings (SSSR count). The van der Waals surface area contributed by atoms with Crippen LogP contribution < -0.4 is 11.0 Å². The summed E-state index contributed by atoms with van der Waals surface area (Å²) in [5.41, 5.74) is 0.994. The third-order valence-electron chi connectivity index (χ3n) is 5.44. The number of aromatic nitrogens is 3. The molecule has 2 aliphatic rings. The molecule has 142 valence electrons. The minimum absolute atomic E-state index is 0.0901. The molecule has 0 radical (unpaired) electrons. The minimum Gasteiger partial charge on any atom is -0.341 e. The summed E-state index contributed by atoms with van der Waals surface area (Å²) in [5.74, 6) is 1.17. The number of amides is 1. The highest BCUT2D eigenvalue weighted by molar-refractivity contribution is 5.84. The first-order valence-electron chi connectivity index (χ1n) is 9.50. The number of hydrogen-bond acceptors (Lipinski definition) is 4. The van der Waals surface area contributed by atoms with E-state index in [1.54, 1.807) is 11.6 Å². The number of carbonyl (C=O) groups excluding carboxylic acids is 1. The van der Waals surface area contributed by atoms with Gasteiger partial charge in [0.15, 0.2) is 0 Å². The molecule has 1 aromatic carbocycles. The van der Waals surface area contributed by atoms with Crippen LogP contribution in [0, 0.1) is 0 Å². The van der Waals surface area contributed by atoms with Crippen molar-refractivity contribution in [3.05, 3.63) is 64.4 Å². The molecule has 7 heteroatoms. The lowest BCUT2D eigenvalue weighted by molar-refractivity contribution is -0.133. The Morgan fingerprint density at radius 2 is 1.96 bits per heavy atom. The maximum absolute atomic E-state index is 12.6. The van der Waals surface area contributed by atoms with Gasteiger partial charge < -0.3 is 4.90 Å². The molecular weight excluding hydrogens is 342 g/mol. The topological polar surface area (TPSA) is 72.2 Å². The Morgan fingerprint density at radius 1 is 1.22 bits per heavy atom. The summed E-state index contributed by atoms with van der Waals surface area (Å²) >= 11 is 0. The second-order valence-electron chi connectivity index (χ2n) is 7.25. The zero-order chi connectivity index (χ0) is 18.8. The SMILES string of the molecule is Cn1nc(C2CCN(C(=O)[C@H]3C=CCN3)CC2)n(Cc2ccccc2)c1=O. The van der Waals surface area contributed by atoms with E-state index >= 15 is 0 Å². The van der Waals surface area contributed by atoms with Crippen LogP contribution in [0.25, 0.3) is 0 Å². The molecule has 0 spiro atoms. The fourth-order valence-electron chi connectivity index (χ4n) is 3.93. The Morgan fingerprint density at radius 3 is 2.63 bits per heavy atom. The standard InChI is InChI=1S/C20H25N5O2/c1-23-20(27)25(14-15-6-3-2-4-7-15)18(22-23)16-9-12-24(13-10-16)19(26)17-8-5-11-21-17/h2-8,16-17,21H,9-14H2,1H3/t17-/m1/s1. The quantitative estimate of drug-likeness (QED) is 0.814. The summed E-state index contributed by atoms with van der Waals surface area (Å²) in [5, 5.41) is 7.70. The van der Waals surface area contributed by atoms with Crippen LogP contribution in [-0.4, -0.2) is 50.8 Å². The van der Waals surface area contributed by atoms with Gasteiger partial charge in [-0.2, -0.15) is 5.10 Å². The van der Waals surface area contributed by atoms with Crippen LogP contribution in [0.4, 0.5) is 0 Å². The first-order chi connectivity index (χ1) is 13.1. The molecule has 1 N–H and O–H groups in total. The van der Waals surface area contributed by atoms with E-state index in [1.807, 2.05) is 47.4 Å². The number of likely N-dealkylation sites (tertiary alicyclic amines) is 1. The van der Waals surface area contributed by atoms with Crippen LogP contribution >= 0.6 is 0 Å². The fourth-order valence-corrected chi connectivity index (χ4v) is 3.93. The van der Waals surface area contributed by atoms with Gasteiger partial charge in [0.25, 0.3) is 0 Å². The van der Waals surface area contributed by atoms with Gasteiger partial charge in [-0.3, -0.25) is 14.7 Å². The van der Waals surface area contributed by atoms with E-state index in [2.05, 4.69) is 10.4 Å². The van der Waals surface area contributed by atoms with Gasteiger partial charge in [-0.1, -0.05) is 42.5 Å². The number of nitrogens with one attached hydrogen (secondary N) is 1. The Labute approximate surface area is 158 Å². The Hall–Kier alpha value is -2.67. The second kappa shape index (κ2) is 7.52. The normalized spacial score (nSPS) is 20.3. The molecule has 7 nitrogen and oxygen atoms in total. The lowest BCUT2D eigenvalue weighted by atomic mass is 9.95. The number of nitrogens with zero attached hydrogens (tertiary/aromatic N) is 4. The molecule has 0 bridgehead atoms. The number of rotatable bonds is 4. The Balaban J connectivity index is 1.48. The van der Waals surface area contributed by atoms with Crippen molar-refractivity contribution in [2.45, 2.75) is 31.3 Å². The Kier molecular flexibility index (Phi) is 4.94. The van der Waals surface area contributed by atoms with Crippen molar-refractivity contribution in [3.8, 4) is 0 Å². The van der Waals surface area contributed by atoms with E-state index in [0.717, 1.165) is 30.8 Å². The van der Waals surface area contributed by atoms with Gasteiger partial charge in [0.1, 0.15) is 11.9 Å². The highest BCUT2D eigenvalue weighted by Crippen LogP contribution is 2.27. The summed E-state index contributed by atoms with van der Waals surface area (Å²) in [6, 6.07) is 9.78. The molecule has 0 saturated carbocycles. The molecule has 1 atom stereocenters. The van der Waals surface area contributed by atoms with Crippen molar-refractivity contribution in [2.24, 2.45) is 7.05 Å². The number of aryl methyl sites for hydroxylation is 1. The average Bonchev–Trinajstić information content (AvgIpc) is 3.33. The van der Waals surface area contributed by atoms with E-state index in [4.69, 9.17) is 0 Å². The third kappa shape index (κ3) is 3.60. The van der Waals surface area contributed by atoms with Crippen LogP contribution in [-0.2, 0) is 18.4 Å². The molecular formula is C20H25N5O2. The van der Waals surface area contributed by atoms with Gasteiger partial charge in [0, 0.05) is 32.6 Å². The molecule has 1 amide bonds. The molecule has 27 heavy (non-hydrogen) atoms. The maximum Gasteiger partial charge on any atom is 0.345 e. The maximum atomic E-state index is 12.6. The number of hydrogen-bond donors (Lipinski definition) is 1. The van der Waals surface area contributed by atoms with Crippen molar-refractivity contribution in [3.63, 3.8) is 0 Å². The molecule has 2 aliphatic heterocycles. The lowest BCUT2D eigenvalue weighted by Crippen LogP contribution is -2.46. The predicted molar refractivity (Wildman–Crippen MR) is 102 cm³/mol. The van der Waals surface area contributed by atoms with Crippen LogP contribution in [0.3, 0.4) is 0 Å². The fraction of sp³-hybridized carbons (Fsp3) is 0.450. The molecule has 0 unspecified atom stereocenters. The average molecular weight is 367 g/mol. The van der Waals surface area contributed by atoms with Gasteiger partial charge in [-0.05, 0) is 18.4 Å². The highest BCUT2D eigenvalue weighted by Gasteiger charge is 2.31. The summed E-state index contributed by atoms with van der Waals surface area (Å²) in [6.45, 7) is 2.68.